The summed E-state index contributed by atoms with van der Waals surface area (Å²) in [7, 11) is 0. The third kappa shape index (κ3) is 35.3. The van der Waals surface area contributed by atoms with Crippen LogP contribution in [0.15, 0.2) is 12.2 Å². The first kappa shape index (κ1) is 48.1. The summed E-state index contributed by atoms with van der Waals surface area (Å²) in [6, 6.07) is -0.711. The minimum atomic E-state index is -1.08. The van der Waals surface area contributed by atoms with Crippen LogP contribution in [0.4, 0.5) is 0 Å². The molecule has 0 rings (SSSR count). The van der Waals surface area contributed by atoms with Crippen molar-refractivity contribution in [1.82, 2.24) is 5.32 Å². The number of rotatable bonds is 40. The Morgan fingerprint density at radius 1 is 0.469 bits per heavy atom. The zero-order valence-electron chi connectivity index (χ0n) is 33.1. The number of allylic oxidation sites excluding steroid dienone is 2. The molecule has 49 heavy (non-hydrogen) atoms. The van der Waals surface area contributed by atoms with E-state index in [1.165, 1.54) is 180 Å². The molecule has 1 amide bonds. The van der Waals surface area contributed by atoms with Crippen LogP contribution in [-0.4, -0.2) is 46.1 Å². The number of unbranched alkanes of at least 4 members (excludes halogenated alkanes) is 30. The van der Waals surface area contributed by atoms with Crippen LogP contribution in [0, 0.1) is 0 Å². The topological polar surface area (TPSA) is 89.8 Å². The van der Waals surface area contributed by atoms with E-state index in [-0.39, 0.29) is 6.61 Å². The van der Waals surface area contributed by atoms with Crippen molar-refractivity contribution >= 4 is 5.91 Å². The fourth-order valence-electron chi connectivity index (χ4n) is 6.89. The number of hydrogen-bond donors (Lipinski definition) is 4. The quantitative estimate of drug-likeness (QED) is 0.0380. The Morgan fingerprint density at radius 2 is 0.776 bits per heavy atom. The van der Waals surface area contributed by atoms with Gasteiger partial charge >= 0.3 is 0 Å². The molecule has 292 valence electrons. The fourth-order valence-corrected chi connectivity index (χ4v) is 6.89. The van der Waals surface area contributed by atoms with Crippen LogP contribution in [0.2, 0.25) is 0 Å². The lowest BCUT2D eigenvalue weighted by Crippen LogP contribution is -2.49. The van der Waals surface area contributed by atoms with Gasteiger partial charge in [0.1, 0.15) is 6.10 Å². The van der Waals surface area contributed by atoms with Crippen LogP contribution < -0.4 is 5.32 Å². The van der Waals surface area contributed by atoms with Crippen LogP contribution in [0.25, 0.3) is 0 Å². The van der Waals surface area contributed by atoms with Crippen molar-refractivity contribution in [2.75, 3.05) is 6.61 Å². The standard InChI is InChI=1S/C44H87NO4/c1-3-5-7-9-11-13-15-17-19-21-22-23-25-27-29-31-33-35-37-39-43(48)44(49)45-41(40-46)42(47)38-36-34-32-30-28-26-24-20-18-16-14-12-10-8-6-4-2/h22-23,41-43,46-48H,3-21,24-40H2,1-2H3,(H,45,49)/b23-22-. The molecule has 0 aromatic heterocycles. The average molecular weight is 694 g/mol. The van der Waals surface area contributed by atoms with E-state index in [4.69, 9.17) is 0 Å². The van der Waals surface area contributed by atoms with Gasteiger partial charge in [-0.25, -0.2) is 0 Å². The van der Waals surface area contributed by atoms with Crippen LogP contribution in [0.5, 0.6) is 0 Å². The SMILES string of the molecule is CCCCCCCCCCC/C=C\CCCCCCCCC(O)C(=O)NC(CO)C(O)CCCCCCCCCCCCCCCCCC. The second-order valence-electron chi connectivity index (χ2n) is 15.3. The molecule has 4 N–H and O–H groups in total. The highest BCUT2D eigenvalue weighted by atomic mass is 16.3. The molecule has 0 heterocycles. The number of carbonyl (C=O) groups is 1. The number of nitrogens with one attached hydrogen (secondary N) is 1. The van der Waals surface area contributed by atoms with E-state index < -0.39 is 24.2 Å². The van der Waals surface area contributed by atoms with Crippen molar-refractivity contribution in [1.29, 1.82) is 0 Å². The van der Waals surface area contributed by atoms with Gasteiger partial charge in [0.05, 0.1) is 18.8 Å². The Kier molecular flexibility index (Phi) is 39.1. The highest BCUT2D eigenvalue weighted by molar-refractivity contribution is 5.80. The Morgan fingerprint density at radius 3 is 1.12 bits per heavy atom. The highest BCUT2D eigenvalue weighted by Gasteiger charge is 2.23. The Hall–Kier alpha value is -0.910. The molecule has 3 atom stereocenters. The van der Waals surface area contributed by atoms with E-state index in [1.54, 1.807) is 0 Å². The summed E-state index contributed by atoms with van der Waals surface area (Å²) >= 11 is 0. The molecule has 0 fully saturated rings. The normalized spacial score (nSPS) is 13.7. The molecule has 0 radical (unpaired) electrons. The van der Waals surface area contributed by atoms with Crippen molar-refractivity contribution in [3.05, 3.63) is 12.2 Å². The van der Waals surface area contributed by atoms with E-state index in [0.29, 0.717) is 12.8 Å². The monoisotopic (exact) mass is 694 g/mol. The molecule has 0 aliphatic carbocycles. The Balaban J connectivity index is 3.62. The zero-order chi connectivity index (χ0) is 35.9. The van der Waals surface area contributed by atoms with Gasteiger partial charge in [0.25, 0.3) is 0 Å². The maximum Gasteiger partial charge on any atom is 0.249 e. The third-order valence-electron chi connectivity index (χ3n) is 10.4. The lowest BCUT2D eigenvalue weighted by Gasteiger charge is -2.23. The zero-order valence-corrected chi connectivity index (χ0v) is 33.1. The van der Waals surface area contributed by atoms with Crippen molar-refractivity contribution in [2.24, 2.45) is 0 Å². The molecule has 5 heteroatoms. The molecule has 3 unspecified atom stereocenters. The van der Waals surface area contributed by atoms with E-state index in [0.717, 1.165) is 32.1 Å². The lowest BCUT2D eigenvalue weighted by atomic mass is 10.0. The summed E-state index contributed by atoms with van der Waals surface area (Å²) in [6.45, 7) is 4.24. The minimum absolute atomic E-state index is 0.313. The van der Waals surface area contributed by atoms with Crippen LogP contribution in [0.3, 0.4) is 0 Å². The molecule has 0 aliphatic heterocycles. The third-order valence-corrected chi connectivity index (χ3v) is 10.4. The summed E-state index contributed by atoms with van der Waals surface area (Å²) in [5, 5.41) is 33.3. The van der Waals surface area contributed by atoms with E-state index in [1.807, 2.05) is 0 Å². The molecule has 0 aromatic carbocycles. The van der Waals surface area contributed by atoms with Crippen LogP contribution in [0.1, 0.15) is 239 Å². The first-order chi connectivity index (χ1) is 24.1. The minimum Gasteiger partial charge on any atom is -0.394 e. The first-order valence-electron chi connectivity index (χ1n) is 22.0. The number of carbonyl (C=O) groups excluding carboxylic acids is 1. The molecule has 0 spiro atoms. The van der Waals surface area contributed by atoms with Gasteiger partial charge in [-0.15, -0.1) is 0 Å². The number of aliphatic hydroxyl groups excluding tert-OH is 3. The van der Waals surface area contributed by atoms with E-state index in [2.05, 4.69) is 31.3 Å². The summed E-state index contributed by atoms with van der Waals surface area (Å²) < 4.78 is 0. The van der Waals surface area contributed by atoms with Gasteiger partial charge in [0.2, 0.25) is 5.91 Å². The van der Waals surface area contributed by atoms with Gasteiger partial charge in [-0.2, -0.15) is 0 Å². The summed E-state index contributed by atoms with van der Waals surface area (Å²) in [6.07, 6.45) is 46.3. The van der Waals surface area contributed by atoms with Gasteiger partial charge in [0.15, 0.2) is 0 Å². The molecule has 0 aromatic rings. The van der Waals surface area contributed by atoms with Crippen molar-refractivity contribution in [3.63, 3.8) is 0 Å². The average Bonchev–Trinajstić information content (AvgIpc) is 3.11. The van der Waals surface area contributed by atoms with Gasteiger partial charge in [0, 0.05) is 0 Å². The maximum atomic E-state index is 12.5. The molecule has 0 bridgehead atoms. The summed E-state index contributed by atoms with van der Waals surface area (Å²) in [4.78, 5) is 12.5. The number of aliphatic hydroxyl groups is 3. The van der Waals surface area contributed by atoms with Crippen molar-refractivity contribution in [3.8, 4) is 0 Å². The Labute approximate surface area is 306 Å². The molecule has 0 saturated heterocycles. The van der Waals surface area contributed by atoms with Crippen molar-refractivity contribution < 1.29 is 20.1 Å². The van der Waals surface area contributed by atoms with Crippen LogP contribution >= 0.6 is 0 Å². The summed E-state index contributed by atoms with van der Waals surface area (Å²) in [5.74, 6) is -0.473. The molecular weight excluding hydrogens is 606 g/mol. The fraction of sp³-hybridized carbons (Fsp3) is 0.932. The van der Waals surface area contributed by atoms with Gasteiger partial charge in [-0.1, -0.05) is 212 Å². The second-order valence-corrected chi connectivity index (χ2v) is 15.3. The first-order valence-corrected chi connectivity index (χ1v) is 22.0. The molecule has 0 saturated carbocycles. The highest BCUT2D eigenvalue weighted by Crippen LogP contribution is 2.16. The van der Waals surface area contributed by atoms with Crippen molar-refractivity contribution in [2.45, 2.75) is 257 Å². The Bertz CT molecular complexity index is 684. The van der Waals surface area contributed by atoms with Crippen LogP contribution in [-0.2, 0) is 4.79 Å². The molecule has 5 nitrogen and oxygen atoms in total. The van der Waals surface area contributed by atoms with Gasteiger partial charge in [-0.05, 0) is 38.5 Å². The maximum absolute atomic E-state index is 12.5. The number of amides is 1. The van der Waals surface area contributed by atoms with Gasteiger partial charge in [-0.3, -0.25) is 4.79 Å². The second kappa shape index (κ2) is 39.9. The van der Waals surface area contributed by atoms with Gasteiger partial charge < -0.3 is 20.6 Å². The summed E-state index contributed by atoms with van der Waals surface area (Å²) in [5.41, 5.74) is 0. The molecule has 0 aliphatic rings. The lowest BCUT2D eigenvalue weighted by molar-refractivity contribution is -0.131. The predicted octanol–water partition coefficient (Wildman–Crippen LogP) is 12.4. The van der Waals surface area contributed by atoms with E-state index in [9.17, 15) is 20.1 Å². The number of hydrogen-bond acceptors (Lipinski definition) is 4. The smallest absolute Gasteiger partial charge is 0.249 e. The van der Waals surface area contributed by atoms with E-state index >= 15 is 0 Å². The molecular formula is C44H87NO4. The predicted molar refractivity (Wildman–Crippen MR) is 213 cm³/mol. The largest absolute Gasteiger partial charge is 0.394 e.